The van der Waals surface area contributed by atoms with Crippen LogP contribution in [-0.2, 0) is 13.0 Å². The van der Waals surface area contributed by atoms with Crippen LogP contribution in [0.2, 0.25) is 0 Å². The van der Waals surface area contributed by atoms with Crippen molar-refractivity contribution in [3.63, 3.8) is 0 Å². The summed E-state index contributed by atoms with van der Waals surface area (Å²) >= 11 is 1.79. The molecule has 0 aliphatic heterocycles. The summed E-state index contributed by atoms with van der Waals surface area (Å²) in [6.45, 7) is 3.67. The zero-order valence-corrected chi connectivity index (χ0v) is 14.2. The van der Waals surface area contributed by atoms with Crippen LogP contribution in [0.25, 0.3) is 0 Å². The largest absolute Gasteiger partial charge is 0.496 e. The minimum absolute atomic E-state index is 0.740. The molecule has 0 saturated carbocycles. The SMILES string of the molecule is CN=C(NCCc1cccs1)NCc1ccc(OC)c(C)c1. The van der Waals surface area contributed by atoms with Crippen LogP contribution in [0.4, 0.5) is 0 Å². The normalized spacial score (nSPS) is 11.3. The quantitative estimate of drug-likeness (QED) is 0.636. The molecule has 0 aliphatic carbocycles. The maximum Gasteiger partial charge on any atom is 0.191 e. The van der Waals surface area contributed by atoms with Crippen LogP contribution >= 0.6 is 11.3 Å². The summed E-state index contributed by atoms with van der Waals surface area (Å²) in [5.74, 6) is 1.74. The maximum atomic E-state index is 5.28. The van der Waals surface area contributed by atoms with Crippen LogP contribution in [0, 0.1) is 6.92 Å². The first kappa shape index (κ1) is 16.4. The summed E-state index contributed by atoms with van der Waals surface area (Å²) in [5.41, 5.74) is 2.35. The highest BCUT2D eigenvalue weighted by Gasteiger charge is 2.02. The van der Waals surface area contributed by atoms with Crippen LogP contribution in [-0.4, -0.2) is 26.7 Å². The highest BCUT2D eigenvalue weighted by Crippen LogP contribution is 2.18. The van der Waals surface area contributed by atoms with Crippen LogP contribution in [0.5, 0.6) is 5.75 Å². The van der Waals surface area contributed by atoms with E-state index >= 15 is 0 Å². The Bertz CT molecular complexity index is 608. The van der Waals surface area contributed by atoms with E-state index in [9.17, 15) is 0 Å². The monoisotopic (exact) mass is 317 g/mol. The zero-order valence-electron chi connectivity index (χ0n) is 13.3. The van der Waals surface area contributed by atoms with Gasteiger partial charge in [0.05, 0.1) is 7.11 Å². The summed E-state index contributed by atoms with van der Waals surface area (Å²) < 4.78 is 5.28. The number of guanidine groups is 1. The van der Waals surface area contributed by atoms with E-state index in [4.69, 9.17) is 4.74 Å². The van der Waals surface area contributed by atoms with Gasteiger partial charge in [-0.25, -0.2) is 0 Å². The van der Waals surface area contributed by atoms with Crippen molar-refractivity contribution in [3.8, 4) is 5.75 Å². The molecule has 0 unspecified atom stereocenters. The Hall–Kier alpha value is -2.01. The molecule has 1 aromatic heterocycles. The molecule has 2 aromatic rings. The lowest BCUT2D eigenvalue weighted by atomic mass is 10.1. The Kier molecular flexibility index (Phi) is 6.27. The van der Waals surface area contributed by atoms with E-state index in [1.807, 2.05) is 6.07 Å². The van der Waals surface area contributed by atoms with Gasteiger partial charge in [0.25, 0.3) is 0 Å². The maximum absolute atomic E-state index is 5.28. The van der Waals surface area contributed by atoms with E-state index in [-0.39, 0.29) is 0 Å². The first-order chi connectivity index (χ1) is 10.7. The second kappa shape index (κ2) is 8.44. The zero-order chi connectivity index (χ0) is 15.8. The van der Waals surface area contributed by atoms with Crippen LogP contribution < -0.4 is 15.4 Å². The van der Waals surface area contributed by atoms with Crippen molar-refractivity contribution in [2.75, 3.05) is 20.7 Å². The number of rotatable bonds is 6. The van der Waals surface area contributed by atoms with Gasteiger partial charge in [0.1, 0.15) is 5.75 Å². The van der Waals surface area contributed by atoms with E-state index < -0.39 is 0 Å². The minimum Gasteiger partial charge on any atom is -0.496 e. The molecule has 1 heterocycles. The fraction of sp³-hybridized carbons (Fsp3) is 0.353. The third-order valence-electron chi connectivity index (χ3n) is 3.39. The molecule has 0 bridgehead atoms. The predicted octanol–water partition coefficient (Wildman–Crippen LogP) is 2.97. The van der Waals surface area contributed by atoms with Crippen LogP contribution in [0.3, 0.4) is 0 Å². The Morgan fingerprint density at radius 2 is 2.14 bits per heavy atom. The molecule has 0 radical (unpaired) electrons. The lowest BCUT2D eigenvalue weighted by Gasteiger charge is -2.12. The van der Waals surface area contributed by atoms with E-state index in [1.54, 1.807) is 25.5 Å². The van der Waals surface area contributed by atoms with Gasteiger partial charge < -0.3 is 15.4 Å². The van der Waals surface area contributed by atoms with Gasteiger partial charge in [-0.05, 0) is 42.0 Å². The van der Waals surface area contributed by atoms with Gasteiger partial charge >= 0.3 is 0 Å². The number of ether oxygens (including phenoxy) is 1. The molecule has 0 atom stereocenters. The van der Waals surface area contributed by atoms with Crippen molar-refractivity contribution in [2.24, 2.45) is 4.99 Å². The van der Waals surface area contributed by atoms with Crippen LogP contribution in [0.1, 0.15) is 16.0 Å². The standard InChI is InChI=1S/C17H23N3OS/c1-13-11-14(6-7-16(13)21-3)12-20-17(18-2)19-9-8-15-5-4-10-22-15/h4-7,10-11H,8-9,12H2,1-3H3,(H2,18,19,20). The van der Waals surface area contributed by atoms with Crippen molar-refractivity contribution in [1.82, 2.24) is 10.6 Å². The first-order valence-electron chi connectivity index (χ1n) is 7.33. The van der Waals surface area contributed by atoms with Gasteiger partial charge in [-0.15, -0.1) is 11.3 Å². The topological polar surface area (TPSA) is 45.7 Å². The number of benzene rings is 1. The molecule has 2 rings (SSSR count). The van der Waals surface area contributed by atoms with Crippen molar-refractivity contribution in [3.05, 3.63) is 51.7 Å². The summed E-state index contributed by atoms with van der Waals surface area (Å²) in [4.78, 5) is 5.63. The van der Waals surface area contributed by atoms with Crippen molar-refractivity contribution >= 4 is 17.3 Å². The van der Waals surface area contributed by atoms with Gasteiger partial charge in [-0.2, -0.15) is 0 Å². The van der Waals surface area contributed by atoms with Gasteiger partial charge in [-0.3, -0.25) is 4.99 Å². The summed E-state index contributed by atoms with van der Waals surface area (Å²) in [5, 5.41) is 8.77. The smallest absolute Gasteiger partial charge is 0.191 e. The number of nitrogens with zero attached hydrogens (tertiary/aromatic N) is 1. The summed E-state index contributed by atoms with van der Waals surface area (Å²) in [6, 6.07) is 10.4. The second-order valence-electron chi connectivity index (χ2n) is 4.99. The first-order valence-corrected chi connectivity index (χ1v) is 8.21. The number of aryl methyl sites for hydroxylation is 1. The third-order valence-corrected chi connectivity index (χ3v) is 4.32. The molecule has 0 saturated heterocycles. The molecule has 2 N–H and O–H groups in total. The summed E-state index contributed by atoms with van der Waals surface area (Å²) in [6.07, 6.45) is 1.01. The Morgan fingerprint density at radius 1 is 1.27 bits per heavy atom. The molecule has 0 aliphatic rings. The molecule has 4 nitrogen and oxygen atoms in total. The van der Waals surface area contributed by atoms with Crippen LogP contribution in [0.15, 0.2) is 40.7 Å². The molecular formula is C17H23N3OS. The number of aliphatic imine (C=N–C) groups is 1. The number of thiophene rings is 1. The Morgan fingerprint density at radius 3 is 2.77 bits per heavy atom. The molecule has 0 amide bonds. The number of hydrogen-bond acceptors (Lipinski definition) is 3. The van der Waals surface area contributed by atoms with Crippen molar-refractivity contribution in [2.45, 2.75) is 19.9 Å². The average molecular weight is 317 g/mol. The van der Waals surface area contributed by atoms with Crippen molar-refractivity contribution in [1.29, 1.82) is 0 Å². The van der Waals surface area contributed by atoms with Crippen molar-refractivity contribution < 1.29 is 4.74 Å². The molecular weight excluding hydrogens is 294 g/mol. The van der Waals surface area contributed by atoms with E-state index in [0.717, 1.165) is 36.8 Å². The molecule has 0 fully saturated rings. The highest BCUT2D eigenvalue weighted by atomic mass is 32.1. The Labute approximate surface area is 136 Å². The predicted molar refractivity (Wildman–Crippen MR) is 94.0 cm³/mol. The lowest BCUT2D eigenvalue weighted by molar-refractivity contribution is 0.411. The molecule has 0 spiro atoms. The van der Waals surface area contributed by atoms with Gasteiger partial charge in [0, 0.05) is 25.0 Å². The van der Waals surface area contributed by atoms with E-state index in [0.29, 0.717) is 0 Å². The number of methoxy groups -OCH3 is 1. The fourth-order valence-corrected chi connectivity index (χ4v) is 2.92. The second-order valence-corrected chi connectivity index (χ2v) is 6.02. The number of hydrogen-bond donors (Lipinski definition) is 2. The molecule has 22 heavy (non-hydrogen) atoms. The fourth-order valence-electron chi connectivity index (χ4n) is 2.22. The molecule has 118 valence electrons. The van der Waals surface area contributed by atoms with Gasteiger partial charge in [0.15, 0.2) is 5.96 Å². The van der Waals surface area contributed by atoms with Gasteiger partial charge in [-0.1, -0.05) is 18.2 Å². The number of nitrogens with one attached hydrogen (secondary N) is 2. The molecule has 1 aromatic carbocycles. The average Bonchev–Trinajstić information content (AvgIpc) is 3.04. The summed E-state index contributed by atoms with van der Waals surface area (Å²) in [7, 11) is 3.49. The third kappa shape index (κ3) is 4.77. The highest BCUT2D eigenvalue weighted by molar-refractivity contribution is 7.09. The molecule has 5 heteroatoms. The van der Waals surface area contributed by atoms with E-state index in [1.165, 1.54) is 10.4 Å². The lowest BCUT2D eigenvalue weighted by Crippen LogP contribution is -2.37. The minimum atomic E-state index is 0.740. The van der Waals surface area contributed by atoms with Gasteiger partial charge in [0.2, 0.25) is 0 Å². The van der Waals surface area contributed by atoms with E-state index in [2.05, 4.69) is 52.2 Å². The Balaban J connectivity index is 1.79.